The van der Waals surface area contributed by atoms with Crippen molar-refractivity contribution in [3.63, 3.8) is 0 Å². The Bertz CT molecular complexity index is 597. The molecule has 20 heavy (non-hydrogen) atoms. The maximum absolute atomic E-state index is 12.5. The van der Waals surface area contributed by atoms with Crippen molar-refractivity contribution in [3.8, 4) is 6.07 Å². The molecule has 1 saturated heterocycles. The maximum Gasteiger partial charge on any atom is 0.243 e. The van der Waals surface area contributed by atoms with Gasteiger partial charge in [-0.25, -0.2) is 8.42 Å². The van der Waals surface area contributed by atoms with Crippen LogP contribution in [-0.2, 0) is 10.0 Å². The van der Waals surface area contributed by atoms with Gasteiger partial charge >= 0.3 is 0 Å². The molecular weight excluding hydrogens is 272 g/mol. The van der Waals surface area contributed by atoms with E-state index in [1.54, 1.807) is 22.5 Å². The van der Waals surface area contributed by atoms with E-state index in [4.69, 9.17) is 5.26 Å². The smallest absolute Gasteiger partial charge is 0.207 e. The quantitative estimate of drug-likeness (QED) is 0.857. The Kier molecular flexibility index (Phi) is 4.79. The van der Waals surface area contributed by atoms with Crippen molar-refractivity contribution in [1.82, 2.24) is 4.31 Å². The molecule has 0 bridgehead atoms. The highest BCUT2D eigenvalue weighted by Crippen LogP contribution is 2.26. The predicted molar refractivity (Wildman–Crippen MR) is 77.5 cm³/mol. The van der Waals surface area contributed by atoms with Crippen molar-refractivity contribution in [1.29, 1.82) is 5.26 Å². The lowest BCUT2D eigenvalue weighted by Crippen LogP contribution is -2.38. The largest absolute Gasteiger partial charge is 0.243 e. The Morgan fingerprint density at radius 1 is 1.35 bits per heavy atom. The van der Waals surface area contributed by atoms with Gasteiger partial charge in [-0.05, 0) is 37.0 Å². The third-order valence-corrected chi connectivity index (χ3v) is 5.77. The Hall–Kier alpha value is -1.38. The maximum atomic E-state index is 12.5. The number of benzene rings is 1. The van der Waals surface area contributed by atoms with Crippen molar-refractivity contribution >= 4 is 10.0 Å². The first-order valence-corrected chi connectivity index (χ1v) is 8.52. The minimum Gasteiger partial charge on any atom is -0.207 e. The summed E-state index contributed by atoms with van der Waals surface area (Å²) in [7, 11) is -3.45. The van der Waals surface area contributed by atoms with Crippen LogP contribution in [0.25, 0.3) is 0 Å². The summed E-state index contributed by atoms with van der Waals surface area (Å²) in [5.74, 6) is 0.650. The Morgan fingerprint density at radius 3 is 2.65 bits per heavy atom. The molecule has 0 saturated carbocycles. The van der Waals surface area contributed by atoms with Gasteiger partial charge in [-0.1, -0.05) is 25.8 Å². The summed E-state index contributed by atoms with van der Waals surface area (Å²) in [6, 6.07) is 8.24. The summed E-state index contributed by atoms with van der Waals surface area (Å²) >= 11 is 0. The summed E-state index contributed by atoms with van der Waals surface area (Å²) < 4.78 is 26.6. The van der Waals surface area contributed by atoms with E-state index in [9.17, 15) is 8.42 Å². The minimum absolute atomic E-state index is 0.227. The molecule has 0 atom stereocenters. The number of piperidine rings is 1. The van der Waals surface area contributed by atoms with Gasteiger partial charge in [0.2, 0.25) is 10.0 Å². The molecule has 1 fully saturated rings. The molecule has 1 aromatic rings. The first-order chi connectivity index (χ1) is 9.57. The number of rotatable bonds is 4. The van der Waals surface area contributed by atoms with Crippen LogP contribution in [0.2, 0.25) is 0 Å². The monoisotopic (exact) mass is 292 g/mol. The Labute approximate surface area is 121 Å². The molecule has 0 amide bonds. The highest BCUT2D eigenvalue weighted by Gasteiger charge is 2.29. The zero-order valence-corrected chi connectivity index (χ0v) is 12.6. The summed E-state index contributed by atoms with van der Waals surface area (Å²) in [5.41, 5.74) is 0.381. The van der Waals surface area contributed by atoms with Crippen LogP contribution in [0.1, 0.15) is 38.2 Å². The zero-order valence-electron chi connectivity index (χ0n) is 11.7. The second-order valence-corrected chi connectivity index (χ2v) is 7.21. The molecule has 0 aromatic heterocycles. The molecule has 1 aromatic carbocycles. The van der Waals surface area contributed by atoms with Crippen molar-refractivity contribution < 1.29 is 8.42 Å². The van der Waals surface area contributed by atoms with Crippen molar-refractivity contribution in [2.75, 3.05) is 13.1 Å². The number of nitrogens with zero attached hydrogens (tertiary/aromatic N) is 2. The van der Waals surface area contributed by atoms with E-state index < -0.39 is 10.0 Å². The SMILES string of the molecule is CCCC1CCN(S(=O)(=O)c2cccc(C#N)c2)CC1. The van der Waals surface area contributed by atoms with Gasteiger partial charge in [0.15, 0.2) is 0 Å². The highest BCUT2D eigenvalue weighted by molar-refractivity contribution is 7.89. The fourth-order valence-electron chi connectivity index (χ4n) is 2.72. The molecule has 2 rings (SSSR count). The van der Waals surface area contributed by atoms with E-state index in [0.717, 1.165) is 19.3 Å². The minimum atomic E-state index is -3.45. The third-order valence-electron chi connectivity index (χ3n) is 3.87. The Morgan fingerprint density at radius 2 is 2.05 bits per heavy atom. The topological polar surface area (TPSA) is 61.2 Å². The summed E-state index contributed by atoms with van der Waals surface area (Å²) in [6.07, 6.45) is 4.20. The van der Waals surface area contributed by atoms with Crippen LogP contribution in [0.4, 0.5) is 0 Å². The van der Waals surface area contributed by atoms with Crippen molar-refractivity contribution in [3.05, 3.63) is 29.8 Å². The van der Waals surface area contributed by atoms with Crippen LogP contribution < -0.4 is 0 Å². The van der Waals surface area contributed by atoms with Gasteiger partial charge in [0, 0.05) is 13.1 Å². The zero-order chi connectivity index (χ0) is 14.6. The van der Waals surface area contributed by atoms with Crippen LogP contribution in [0.3, 0.4) is 0 Å². The van der Waals surface area contributed by atoms with E-state index >= 15 is 0 Å². The van der Waals surface area contributed by atoms with Crippen LogP contribution in [0.15, 0.2) is 29.2 Å². The summed E-state index contributed by atoms with van der Waals surface area (Å²) in [5, 5.41) is 8.87. The van der Waals surface area contributed by atoms with Crippen molar-refractivity contribution in [2.45, 2.75) is 37.5 Å². The van der Waals surface area contributed by atoms with E-state index in [-0.39, 0.29) is 4.90 Å². The van der Waals surface area contributed by atoms with E-state index in [0.29, 0.717) is 24.6 Å². The van der Waals surface area contributed by atoms with Gasteiger partial charge in [-0.3, -0.25) is 0 Å². The van der Waals surface area contributed by atoms with Gasteiger partial charge in [-0.15, -0.1) is 0 Å². The average molecular weight is 292 g/mol. The van der Waals surface area contributed by atoms with Crippen LogP contribution in [0.5, 0.6) is 0 Å². The molecule has 1 aliphatic heterocycles. The first kappa shape index (κ1) is 15.0. The molecule has 5 heteroatoms. The number of nitriles is 1. The molecule has 0 unspecified atom stereocenters. The first-order valence-electron chi connectivity index (χ1n) is 7.08. The molecule has 1 heterocycles. The second-order valence-electron chi connectivity index (χ2n) is 5.28. The lowest BCUT2D eigenvalue weighted by Gasteiger charge is -2.31. The Balaban J connectivity index is 2.13. The number of sulfonamides is 1. The molecule has 4 nitrogen and oxygen atoms in total. The van der Waals surface area contributed by atoms with Gasteiger partial charge in [-0.2, -0.15) is 9.57 Å². The number of hydrogen-bond acceptors (Lipinski definition) is 3. The van der Waals surface area contributed by atoms with E-state index in [1.165, 1.54) is 12.5 Å². The van der Waals surface area contributed by atoms with Crippen LogP contribution in [0, 0.1) is 17.2 Å². The average Bonchev–Trinajstić information content (AvgIpc) is 2.48. The third kappa shape index (κ3) is 3.20. The molecule has 0 aliphatic carbocycles. The summed E-state index contributed by atoms with van der Waals surface area (Å²) in [4.78, 5) is 0.227. The summed E-state index contributed by atoms with van der Waals surface area (Å²) in [6.45, 7) is 3.34. The van der Waals surface area contributed by atoms with E-state index in [2.05, 4.69) is 6.92 Å². The van der Waals surface area contributed by atoms with Crippen molar-refractivity contribution in [2.24, 2.45) is 5.92 Å². The lowest BCUT2D eigenvalue weighted by molar-refractivity contribution is 0.262. The molecule has 0 radical (unpaired) electrons. The predicted octanol–water partition coefficient (Wildman–Crippen LogP) is 2.76. The standard InChI is InChI=1S/C15H20N2O2S/c1-2-4-13-7-9-17(10-8-13)20(18,19)15-6-3-5-14(11-15)12-16/h3,5-6,11,13H,2,4,7-10H2,1H3. The lowest BCUT2D eigenvalue weighted by atomic mass is 9.94. The van der Waals surface area contributed by atoms with Gasteiger partial charge < -0.3 is 0 Å². The fraction of sp³-hybridized carbons (Fsp3) is 0.533. The molecule has 0 spiro atoms. The van der Waals surface area contributed by atoms with Crippen LogP contribution >= 0.6 is 0 Å². The van der Waals surface area contributed by atoms with Gasteiger partial charge in [0.25, 0.3) is 0 Å². The molecule has 0 N–H and O–H groups in total. The highest BCUT2D eigenvalue weighted by atomic mass is 32.2. The van der Waals surface area contributed by atoms with Gasteiger partial charge in [0.1, 0.15) is 0 Å². The molecular formula is C15H20N2O2S. The number of hydrogen-bond donors (Lipinski definition) is 0. The van der Waals surface area contributed by atoms with Crippen LogP contribution in [-0.4, -0.2) is 25.8 Å². The molecule has 1 aliphatic rings. The normalized spacial score (nSPS) is 17.8. The molecule has 108 valence electrons. The van der Waals surface area contributed by atoms with Gasteiger partial charge in [0.05, 0.1) is 16.5 Å². The van der Waals surface area contributed by atoms with E-state index in [1.807, 2.05) is 6.07 Å². The second kappa shape index (κ2) is 6.38. The fourth-order valence-corrected chi connectivity index (χ4v) is 4.24.